The number of carboxylic acids is 1. The molecule has 2 aliphatic rings. The van der Waals surface area contributed by atoms with E-state index in [2.05, 4.69) is 4.98 Å². The van der Waals surface area contributed by atoms with Gasteiger partial charge in [0.05, 0.1) is 0 Å². The van der Waals surface area contributed by atoms with Gasteiger partial charge >= 0.3 is 5.97 Å². The third-order valence-corrected chi connectivity index (χ3v) is 7.34. The molecule has 0 radical (unpaired) electrons. The van der Waals surface area contributed by atoms with E-state index in [1.165, 1.54) is 15.4 Å². The Hall–Kier alpha value is -1.94. The molecule has 2 aliphatic heterocycles. The minimum absolute atomic E-state index is 0.0225. The first-order valence-electron chi connectivity index (χ1n) is 9.25. The SMILES string of the molecule is Cc1nc(S(=O)(=O)N2CCC(C(=O)N3CCCC[C@@H]3C(=O)O)CC2)cn1C. The molecular formula is C17H26N4O5S. The number of piperidine rings is 2. The monoisotopic (exact) mass is 398 g/mol. The first-order chi connectivity index (χ1) is 12.7. The fourth-order valence-corrected chi connectivity index (χ4v) is 5.31. The molecule has 2 saturated heterocycles. The van der Waals surface area contributed by atoms with Gasteiger partial charge in [0.25, 0.3) is 10.0 Å². The first-order valence-corrected chi connectivity index (χ1v) is 10.7. The second kappa shape index (κ2) is 7.59. The number of rotatable bonds is 4. The van der Waals surface area contributed by atoms with Crippen molar-refractivity contribution >= 4 is 21.9 Å². The second-order valence-electron chi connectivity index (χ2n) is 7.30. The summed E-state index contributed by atoms with van der Waals surface area (Å²) in [6.45, 7) is 2.67. The van der Waals surface area contributed by atoms with E-state index < -0.39 is 22.0 Å². The molecule has 2 fully saturated rings. The maximum absolute atomic E-state index is 12.8. The van der Waals surface area contributed by atoms with E-state index in [0.29, 0.717) is 31.6 Å². The summed E-state index contributed by atoms with van der Waals surface area (Å²) in [5, 5.41) is 9.39. The average molecular weight is 398 g/mol. The zero-order chi connectivity index (χ0) is 19.8. The van der Waals surface area contributed by atoms with Crippen molar-refractivity contribution in [2.45, 2.75) is 50.1 Å². The van der Waals surface area contributed by atoms with Crippen LogP contribution in [0.4, 0.5) is 0 Å². The first kappa shape index (κ1) is 19.8. The predicted octanol–water partition coefficient (Wildman–Crippen LogP) is 0.595. The van der Waals surface area contributed by atoms with Crippen LogP contribution in [0.3, 0.4) is 0 Å². The molecule has 3 rings (SSSR count). The van der Waals surface area contributed by atoms with Gasteiger partial charge in [-0.3, -0.25) is 4.79 Å². The number of amides is 1. The van der Waals surface area contributed by atoms with Gasteiger partial charge in [0.15, 0.2) is 5.03 Å². The lowest BCUT2D eigenvalue weighted by Gasteiger charge is -2.37. The molecule has 9 nitrogen and oxygen atoms in total. The van der Waals surface area contributed by atoms with Crippen molar-refractivity contribution in [2.24, 2.45) is 13.0 Å². The quantitative estimate of drug-likeness (QED) is 0.794. The lowest BCUT2D eigenvalue weighted by atomic mass is 9.93. The van der Waals surface area contributed by atoms with Crippen molar-refractivity contribution in [1.29, 1.82) is 0 Å². The molecule has 1 N–H and O–H groups in total. The summed E-state index contributed by atoms with van der Waals surface area (Å²) >= 11 is 0. The molecule has 0 unspecified atom stereocenters. The maximum Gasteiger partial charge on any atom is 0.326 e. The van der Waals surface area contributed by atoms with Crippen LogP contribution in [-0.4, -0.2) is 69.8 Å². The number of hydrogen-bond donors (Lipinski definition) is 1. The van der Waals surface area contributed by atoms with Crippen LogP contribution in [0.1, 0.15) is 37.9 Å². The maximum atomic E-state index is 12.8. The van der Waals surface area contributed by atoms with Crippen molar-refractivity contribution in [3.05, 3.63) is 12.0 Å². The molecule has 10 heteroatoms. The predicted molar refractivity (Wildman–Crippen MR) is 96.4 cm³/mol. The van der Waals surface area contributed by atoms with Crippen LogP contribution >= 0.6 is 0 Å². The molecule has 0 aromatic carbocycles. The van der Waals surface area contributed by atoms with Gasteiger partial charge < -0.3 is 14.6 Å². The van der Waals surface area contributed by atoms with Gasteiger partial charge in [-0.25, -0.2) is 18.2 Å². The minimum Gasteiger partial charge on any atom is -0.480 e. The highest BCUT2D eigenvalue weighted by atomic mass is 32.2. The number of carboxylic acid groups (broad SMARTS) is 1. The molecule has 1 amide bonds. The van der Waals surface area contributed by atoms with E-state index in [1.807, 2.05) is 0 Å². The lowest BCUT2D eigenvalue weighted by molar-refractivity contribution is -0.154. The minimum atomic E-state index is -3.68. The number of aliphatic carboxylic acids is 1. The fraction of sp³-hybridized carbons (Fsp3) is 0.706. The normalized spacial score (nSPS) is 22.7. The average Bonchev–Trinajstić information content (AvgIpc) is 3.00. The highest BCUT2D eigenvalue weighted by Gasteiger charge is 2.38. The van der Waals surface area contributed by atoms with Crippen LogP contribution in [0, 0.1) is 12.8 Å². The van der Waals surface area contributed by atoms with Crippen molar-refractivity contribution in [3.8, 4) is 0 Å². The van der Waals surface area contributed by atoms with Gasteiger partial charge in [-0.1, -0.05) is 0 Å². The summed E-state index contributed by atoms with van der Waals surface area (Å²) in [4.78, 5) is 29.8. The van der Waals surface area contributed by atoms with Gasteiger partial charge in [0.1, 0.15) is 11.9 Å². The Morgan fingerprint density at radius 2 is 1.81 bits per heavy atom. The number of hydrogen-bond acceptors (Lipinski definition) is 5. The Morgan fingerprint density at radius 1 is 1.15 bits per heavy atom. The summed E-state index contributed by atoms with van der Waals surface area (Å²) in [6, 6.07) is -0.760. The fourth-order valence-electron chi connectivity index (χ4n) is 3.81. The Morgan fingerprint density at radius 3 is 2.37 bits per heavy atom. The van der Waals surface area contributed by atoms with Crippen molar-refractivity contribution in [3.63, 3.8) is 0 Å². The van der Waals surface area contributed by atoms with Gasteiger partial charge in [0.2, 0.25) is 5.91 Å². The van der Waals surface area contributed by atoms with Crippen LogP contribution in [0.15, 0.2) is 11.2 Å². The highest BCUT2D eigenvalue weighted by molar-refractivity contribution is 7.89. The van der Waals surface area contributed by atoms with Crippen LogP contribution in [-0.2, 0) is 26.7 Å². The van der Waals surface area contributed by atoms with Gasteiger partial charge in [-0.15, -0.1) is 0 Å². The Bertz CT molecular complexity index is 807. The zero-order valence-electron chi connectivity index (χ0n) is 15.7. The largest absolute Gasteiger partial charge is 0.480 e. The summed E-state index contributed by atoms with van der Waals surface area (Å²) < 4.78 is 28.5. The Kier molecular flexibility index (Phi) is 5.57. The standard InChI is InChI=1S/C17H26N4O5S/c1-12-18-15(11-19(12)2)27(25,26)20-9-6-13(7-10-20)16(22)21-8-4-3-5-14(21)17(23)24/h11,13-14H,3-10H2,1-2H3,(H,23,24)/t14-/m1/s1. The number of aromatic nitrogens is 2. The summed E-state index contributed by atoms with van der Waals surface area (Å²) in [5.41, 5.74) is 0. The molecule has 0 aliphatic carbocycles. The van der Waals surface area contributed by atoms with Crippen LogP contribution in [0.2, 0.25) is 0 Å². The van der Waals surface area contributed by atoms with Crippen LogP contribution in [0.5, 0.6) is 0 Å². The van der Waals surface area contributed by atoms with Crippen LogP contribution in [0.25, 0.3) is 0 Å². The van der Waals surface area contributed by atoms with Crippen molar-refractivity contribution < 1.29 is 23.1 Å². The zero-order valence-corrected chi connectivity index (χ0v) is 16.5. The third-order valence-electron chi connectivity index (χ3n) is 5.56. The Labute approximate surface area is 159 Å². The molecule has 150 valence electrons. The molecule has 0 bridgehead atoms. The number of imidazole rings is 1. The van der Waals surface area contributed by atoms with Gasteiger partial charge in [-0.05, 0) is 39.0 Å². The number of carbonyl (C=O) groups excluding carboxylic acids is 1. The molecule has 0 spiro atoms. The molecule has 1 atom stereocenters. The topological polar surface area (TPSA) is 113 Å². The van der Waals surface area contributed by atoms with E-state index >= 15 is 0 Å². The molecule has 3 heterocycles. The smallest absolute Gasteiger partial charge is 0.326 e. The Balaban J connectivity index is 1.66. The number of aryl methyl sites for hydroxylation is 2. The third kappa shape index (κ3) is 3.86. The number of carbonyl (C=O) groups is 2. The molecular weight excluding hydrogens is 372 g/mol. The summed E-state index contributed by atoms with van der Waals surface area (Å²) in [5.74, 6) is -0.841. The number of sulfonamides is 1. The van der Waals surface area contributed by atoms with E-state index in [1.54, 1.807) is 18.5 Å². The van der Waals surface area contributed by atoms with Crippen molar-refractivity contribution in [1.82, 2.24) is 18.8 Å². The highest BCUT2D eigenvalue weighted by Crippen LogP contribution is 2.27. The number of likely N-dealkylation sites (tertiary alicyclic amines) is 1. The van der Waals surface area contributed by atoms with Crippen molar-refractivity contribution in [2.75, 3.05) is 19.6 Å². The molecule has 1 aromatic heterocycles. The molecule has 0 saturated carbocycles. The molecule has 1 aromatic rings. The summed E-state index contributed by atoms with van der Waals surface area (Å²) in [7, 11) is -1.94. The summed E-state index contributed by atoms with van der Waals surface area (Å²) in [6.07, 6.45) is 4.38. The van der Waals surface area contributed by atoms with Gasteiger partial charge in [-0.2, -0.15) is 4.31 Å². The van der Waals surface area contributed by atoms with Crippen LogP contribution < -0.4 is 0 Å². The van der Waals surface area contributed by atoms with E-state index in [-0.39, 0.29) is 29.9 Å². The van der Waals surface area contributed by atoms with Gasteiger partial charge in [0, 0.05) is 38.8 Å². The van der Waals surface area contributed by atoms with E-state index in [9.17, 15) is 23.1 Å². The van der Waals surface area contributed by atoms with E-state index in [0.717, 1.165) is 12.8 Å². The second-order valence-corrected chi connectivity index (χ2v) is 9.18. The van der Waals surface area contributed by atoms with E-state index in [4.69, 9.17) is 0 Å². The number of nitrogens with zero attached hydrogens (tertiary/aromatic N) is 4. The molecule has 27 heavy (non-hydrogen) atoms. The lowest BCUT2D eigenvalue weighted by Crippen LogP contribution is -2.52.